The van der Waals surface area contributed by atoms with Gasteiger partial charge in [0.1, 0.15) is 6.04 Å². The molecule has 0 saturated carbocycles. The molecule has 1 aliphatic rings. The van der Waals surface area contributed by atoms with Gasteiger partial charge in [0.2, 0.25) is 0 Å². The number of aliphatic carboxylic acids is 1. The minimum atomic E-state index is -1.07. The molecule has 1 aromatic heterocycles. The lowest BCUT2D eigenvalue weighted by atomic mass is 10.0. The van der Waals surface area contributed by atoms with Crippen molar-refractivity contribution in [3.63, 3.8) is 0 Å². The summed E-state index contributed by atoms with van der Waals surface area (Å²) in [6.07, 6.45) is 1.66. The molecule has 2 aromatic rings. The number of hydrogen-bond donors (Lipinski definition) is 2. The molecule has 6 nitrogen and oxygen atoms in total. The van der Waals surface area contributed by atoms with Crippen LogP contribution in [0.4, 0.5) is 0 Å². The van der Waals surface area contributed by atoms with E-state index in [2.05, 4.69) is 9.97 Å². The summed E-state index contributed by atoms with van der Waals surface area (Å²) >= 11 is 12.2. The molecule has 8 heteroatoms. The number of rotatable bonds is 2. The average molecular weight is 354 g/mol. The van der Waals surface area contributed by atoms with Crippen LogP contribution >= 0.6 is 23.2 Å². The molecule has 1 aliphatic heterocycles. The second kappa shape index (κ2) is 5.86. The van der Waals surface area contributed by atoms with Gasteiger partial charge in [-0.3, -0.25) is 4.79 Å². The zero-order chi connectivity index (χ0) is 16.7. The lowest BCUT2D eigenvalue weighted by molar-refractivity contribution is -0.142. The number of benzene rings is 1. The van der Waals surface area contributed by atoms with Gasteiger partial charge in [0.25, 0.3) is 5.91 Å². The molecule has 23 heavy (non-hydrogen) atoms. The highest BCUT2D eigenvalue weighted by Gasteiger charge is 2.36. The molecule has 2 heterocycles. The Hall–Kier alpha value is -2.05. The molecule has 0 bridgehead atoms. The minimum Gasteiger partial charge on any atom is -0.480 e. The summed E-state index contributed by atoms with van der Waals surface area (Å²) in [5, 5.41) is 10.2. The highest BCUT2D eigenvalue weighted by atomic mass is 35.5. The van der Waals surface area contributed by atoms with E-state index in [1.165, 1.54) is 23.4 Å². The van der Waals surface area contributed by atoms with Crippen molar-refractivity contribution in [1.82, 2.24) is 14.9 Å². The first kappa shape index (κ1) is 15.8. The summed E-state index contributed by atoms with van der Waals surface area (Å²) < 4.78 is 0. The monoisotopic (exact) mass is 353 g/mol. The van der Waals surface area contributed by atoms with Crippen molar-refractivity contribution in [2.45, 2.75) is 25.9 Å². The number of aromatic amines is 1. The van der Waals surface area contributed by atoms with Gasteiger partial charge < -0.3 is 15.0 Å². The Morgan fingerprint density at radius 3 is 2.61 bits per heavy atom. The smallest absolute Gasteiger partial charge is 0.326 e. The Balaban J connectivity index is 1.99. The summed E-state index contributed by atoms with van der Waals surface area (Å²) in [5.74, 6) is -1.50. The van der Waals surface area contributed by atoms with Gasteiger partial charge in [-0.15, -0.1) is 0 Å². The molecular weight excluding hydrogens is 341 g/mol. The van der Waals surface area contributed by atoms with E-state index in [1.54, 1.807) is 6.92 Å². The molecule has 0 spiro atoms. The first-order valence-electron chi connectivity index (χ1n) is 6.89. The Morgan fingerprint density at radius 1 is 1.35 bits per heavy atom. The maximum absolute atomic E-state index is 12.8. The van der Waals surface area contributed by atoms with Crippen LogP contribution in [0.15, 0.2) is 18.5 Å². The predicted octanol–water partition coefficient (Wildman–Crippen LogP) is 2.68. The molecule has 1 aromatic carbocycles. The number of fused-ring (bicyclic) bond motifs is 1. The van der Waals surface area contributed by atoms with E-state index in [0.717, 1.165) is 5.69 Å². The van der Waals surface area contributed by atoms with Gasteiger partial charge in [-0.05, 0) is 24.6 Å². The Bertz CT molecular complexity index is 780. The molecule has 1 atom stereocenters. The number of carbonyl (C=O) groups is 2. The fraction of sp³-hybridized carbons (Fsp3) is 0.267. The van der Waals surface area contributed by atoms with Gasteiger partial charge in [-0.2, -0.15) is 0 Å². The van der Waals surface area contributed by atoms with Crippen LogP contribution in [0.1, 0.15) is 27.3 Å². The number of hydrogen-bond acceptors (Lipinski definition) is 3. The average Bonchev–Trinajstić information content (AvgIpc) is 2.97. The number of carboxylic acid groups (broad SMARTS) is 1. The van der Waals surface area contributed by atoms with Crippen molar-refractivity contribution in [3.05, 3.63) is 51.0 Å². The van der Waals surface area contributed by atoms with Gasteiger partial charge in [0.15, 0.2) is 0 Å². The number of nitrogens with one attached hydrogen (secondary N) is 1. The van der Waals surface area contributed by atoms with E-state index >= 15 is 0 Å². The molecule has 1 amide bonds. The van der Waals surface area contributed by atoms with Crippen LogP contribution in [0.3, 0.4) is 0 Å². The van der Waals surface area contributed by atoms with Crippen molar-refractivity contribution < 1.29 is 14.7 Å². The number of carboxylic acids is 1. The van der Waals surface area contributed by atoms with Crippen molar-refractivity contribution in [2.24, 2.45) is 0 Å². The van der Waals surface area contributed by atoms with Crippen molar-refractivity contribution >= 4 is 35.1 Å². The molecule has 120 valence electrons. The van der Waals surface area contributed by atoms with Gasteiger partial charge >= 0.3 is 5.97 Å². The van der Waals surface area contributed by atoms with Crippen LogP contribution in [0.25, 0.3) is 0 Å². The second-order valence-electron chi connectivity index (χ2n) is 5.38. The third kappa shape index (κ3) is 2.80. The van der Waals surface area contributed by atoms with Crippen molar-refractivity contribution in [1.29, 1.82) is 0 Å². The predicted molar refractivity (Wildman–Crippen MR) is 84.8 cm³/mol. The second-order valence-corrected chi connectivity index (χ2v) is 6.20. The highest BCUT2D eigenvalue weighted by molar-refractivity contribution is 6.36. The van der Waals surface area contributed by atoms with E-state index in [0.29, 0.717) is 21.3 Å². The molecule has 0 fully saturated rings. The van der Waals surface area contributed by atoms with Crippen LogP contribution in [-0.2, 0) is 17.8 Å². The lowest BCUT2D eigenvalue weighted by Gasteiger charge is -2.32. The number of halogens is 2. The van der Waals surface area contributed by atoms with Crippen LogP contribution in [0.5, 0.6) is 0 Å². The summed E-state index contributed by atoms with van der Waals surface area (Å²) in [7, 11) is 0. The van der Waals surface area contributed by atoms with E-state index in [4.69, 9.17) is 23.2 Å². The first-order valence-corrected chi connectivity index (χ1v) is 7.64. The Morgan fingerprint density at radius 2 is 2.00 bits per heavy atom. The van der Waals surface area contributed by atoms with Gasteiger partial charge in [0.05, 0.1) is 24.3 Å². The maximum Gasteiger partial charge on any atom is 0.326 e. The third-order valence-corrected chi connectivity index (χ3v) is 4.76. The quantitative estimate of drug-likeness (QED) is 0.868. The fourth-order valence-electron chi connectivity index (χ4n) is 2.60. The standard InChI is InChI=1S/C15H13Cl2N3O3/c1-7-9(16)2-8(3-10(7)17)14(21)20-5-12-11(18-6-19-12)4-13(20)15(22)23/h2-3,6,13H,4-5H2,1H3,(H,18,19)(H,22,23). The lowest BCUT2D eigenvalue weighted by Crippen LogP contribution is -2.48. The number of imidazole rings is 1. The number of H-pyrrole nitrogens is 1. The van der Waals surface area contributed by atoms with Crippen LogP contribution in [0, 0.1) is 6.92 Å². The van der Waals surface area contributed by atoms with E-state index in [1.807, 2.05) is 0 Å². The molecule has 0 radical (unpaired) electrons. The number of nitrogens with zero attached hydrogens (tertiary/aromatic N) is 2. The summed E-state index contributed by atoms with van der Waals surface area (Å²) in [6, 6.07) is 2.04. The minimum absolute atomic E-state index is 0.147. The molecular formula is C15H13Cl2N3O3. The fourth-order valence-corrected chi connectivity index (χ4v) is 3.09. The Labute approximate surface area is 142 Å². The molecule has 3 rings (SSSR count). The zero-order valence-electron chi connectivity index (χ0n) is 12.1. The van der Waals surface area contributed by atoms with Crippen molar-refractivity contribution in [2.75, 3.05) is 0 Å². The number of aromatic nitrogens is 2. The molecule has 0 saturated heterocycles. The molecule has 0 aliphatic carbocycles. The Kier molecular flexibility index (Phi) is 4.04. The largest absolute Gasteiger partial charge is 0.480 e. The number of carbonyl (C=O) groups excluding carboxylic acids is 1. The van der Waals surface area contributed by atoms with Crippen LogP contribution in [-0.4, -0.2) is 37.9 Å². The summed E-state index contributed by atoms with van der Waals surface area (Å²) in [6.45, 7) is 1.89. The topological polar surface area (TPSA) is 86.3 Å². The summed E-state index contributed by atoms with van der Waals surface area (Å²) in [5.41, 5.74) is 2.34. The van der Waals surface area contributed by atoms with E-state index in [-0.39, 0.29) is 18.5 Å². The van der Waals surface area contributed by atoms with Gasteiger partial charge in [0, 0.05) is 22.0 Å². The van der Waals surface area contributed by atoms with Gasteiger partial charge in [-0.25, -0.2) is 9.78 Å². The number of amides is 1. The van der Waals surface area contributed by atoms with E-state index in [9.17, 15) is 14.7 Å². The molecule has 2 N–H and O–H groups in total. The van der Waals surface area contributed by atoms with Crippen LogP contribution in [0.2, 0.25) is 10.0 Å². The zero-order valence-corrected chi connectivity index (χ0v) is 13.6. The maximum atomic E-state index is 12.8. The summed E-state index contributed by atoms with van der Waals surface area (Å²) in [4.78, 5) is 32.6. The van der Waals surface area contributed by atoms with Gasteiger partial charge in [-0.1, -0.05) is 23.2 Å². The first-order chi connectivity index (χ1) is 10.9. The third-order valence-electron chi connectivity index (χ3n) is 3.97. The highest BCUT2D eigenvalue weighted by Crippen LogP contribution is 2.28. The van der Waals surface area contributed by atoms with Crippen LogP contribution < -0.4 is 0 Å². The van der Waals surface area contributed by atoms with E-state index < -0.39 is 17.9 Å². The van der Waals surface area contributed by atoms with Crippen molar-refractivity contribution in [3.8, 4) is 0 Å². The normalized spacial score (nSPS) is 17.0. The SMILES string of the molecule is Cc1c(Cl)cc(C(=O)N2Cc3[nH]cnc3CC2C(=O)O)cc1Cl. The molecule has 1 unspecified atom stereocenters.